The number of ether oxygens (including phenoxy) is 1. The molecule has 0 bridgehead atoms. The van der Waals surface area contributed by atoms with Crippen LogP contribution in [0.1, 0.15) is 58.3 Å². The minimum atomic E-state index is -0.503. The molecule has 19 heavy (non-hydrogen) atoms. The van der Waals surface area contributed by atoms with E-state index in [1.54, 1.807) is 11.8 Å². The van der Waals surface area contributed by atoms with Crippen LogP contribution in [0, 0.1) is 6.92 Å². The summed E-state index contributed by atoms with van der Waals surface area (Å²) < 4.78 is 10.4. The lowest BCUT2D eigenvalue weighted by molar-refractivity contribution is 0.0143. The molecule has 0 aromatic carbocycles. The van der Waals surface area contributed by atoms with Gasteiger partial charge in [-0.05, 0) is 40.5 Å². The van der Waals surface area contributed by atoms with Gasteiger partial charge in [-0.1, -0.05) is 5.16 Å². The van der Waals surface area contributed by atoms with Crippen molar-refractivity contribution in [2.45, 2.75) is 65.1 Å². The zero-order valence-corrected chi connectivity index (χ0v) is 12.1. The second-order valence-corrected chi connectivity index (χ2v) is 5.97. The maximum Gasteiger partial charge on any atom is 0.411 e. The molecule has 1 aliphatic carbocycles. The Morgan fingerprint density at radius 2 is 2.11 bits per heavy atom. The highest BCUT2D eigenvalue weighted by Gasteiger charge is 2.40. The number of carbonyl (C=O) groups is 1. The van der Waals surface area contributed by atoms with Crippen molar-refractivity contribution >= 4 is 6.09 Å². The van der Waals surface area contributed by atoms with E-state index in [-0.39, 0.29) is 18.2 Å². The monoisotopic (exact) mass is 267 g/mol. The lowest BCUT2D eigenvalue weighted by Gasteiger charge is -2.30. The fourth-order valence-corrected chi connectivity index (χ4v) is 1.90. The summed E-state index contributed by atoms with van der Waals surface area (Å²) in [6, 6.07) is -0.0107. The standard InChI is InChI=1S/C13H21N3O3/c1-8(11-14-9(2)19-15-11)16(10-6-7-10)12(17)18-13(3,4)5/h8,10H,6-7H2,1-5H3. The summed E-state index contributed by atoms with van der Waals surface area (Å²) in [5.74, 6) is 1.03. The largest absolute Gasteiger partial charge is 0.444 e. The van der Waals surface area contributed by atoms with Crippen molar-refractivity contribution in [3.63, 3.8) is 0 Å². The molecule has 1 amide bonds. The summed E-state index contributed by atoms with van der Waals surface area (Å²) >= 11 is 0. The van der Waals surface area contributed by atoms with Gasteiger partial charge in [-0.25, -0.2) is 4.79 Å². The summed E-state index contributed by atoms with van der Waals surface area (Å²) in [6.07, 6.45) is 1.69. The Morgan fingerprint density at radius 3 is 2.53 bits per heavy atom. The fourth-order valence-electron chi connectivity index (χ4n) is 1.90. The number of carbonyl (C=O) groups excluding carboxylic acids is 1. The molecule has 106 valence electrons. The van der Waals surface area contributed by atoms with Crippen molar-refractivity contribution in [1.29, 1.82) is 0 Å². The van der Waals surface area contributed by atoms with E-state index in [4.69, 9.17) is 9.26 Å². The molecule has 1 unspecified atom stereocenters. The quantitative estimate of drug-likeness (QED) is 0.842. The molecular weight excluding hydrogens is 246 g/mol. The lowest BCUT2D eigenvalue weighted by Crippen LogP contribution is -2.40. The minimum absolute atomic E-state index is 0.226. The lowest BCUT2D eigenvalue weighted by atomic mass is 10.2. The van der Waals surface area contributed by atoms with E-state index in [1.165, 1.54) is 0 Å². The molecule has 1 fully saturated rings. The summed E-state index contributed by atoms with van der Waals surface area (Å²) in [4.78, 5) is 18.2. The normalized spacial score (nSPS) is 17.1. The maximum absolute atomic E-state index is 12.3. The number of hydrogen-bond acceptors (Lipinski definition) is 5. The van der Waals surface area contributed by atoms with E-state index in [2.05, 4.69) is 10.1 Å². The second kappa shape index (κ2) is 4.83. The zero-order chi connectivity index (χ0) is 14.2. The Labute approximate surface area is 113 Å². The van der Waals surface area contributed by atoms with Crippen LogP contribution in [0.2, 0.25) is 0 Å². The number of nitrogens with zero attached hydrogens (tertiary/aromatic N) is 3. The number of aromatic nitrogens is 2. The second-order valence-electron chi connectivity index (χ2n) is 5.97. The van der Waals surface area contributed by atoms with Gasteiger partial charge in [0.05, 0.1) is 6.04 Å². The molecule has 1 aliphatic rings. The van der Waals surface area contributed by atoms with E-state index in [1.807, 2.05) is 27.7 Å². The zero-order valence-electron chi connectivity index (χ0n) is 12.1. The predicted octanol–water partition coefficient (Wildman–Crippen LogP) is 2.84. The molecule has 0 spiro atoms. The SMILES string of the molecule is Cc1nc(C(C)N(C(=O)OC(C)(C)C)C2CC2)no1. The van der Waals surface area contributed by atoms with Crippen molar-refractivity contribution in [2.75, 3.05) is 0 Å². The topological polar surface area (TPSA) is 68.5 Å². The summed E-state index contributed by atoms with van der Waals surface area (Å²) in [5.41, 5.74) is -0.503. The van der Waals surface area contributed by atoms with Gasteiger partial charge < -0.3 is 9.26 Å². The van der Waals surface area contributed by atoms with Crippen LogP contribution < -0.4 is 0 Å². The molecule has 1 saturated carbocycles. The van der Waals surface area contributed by atoms with Gasteiger partial charge in [0.2, 0.25) is 5.89 Å². The van der Waals surface area contributed by atoms with Gasteiger partial charge in [0.1, 0.15) is 5.60 Å². The number of rotatable bonds is 3. The van der Waals surface area contributed by atoms with Gasteiger partial charge in [0.15, 0.2) is 5.82 Å². The first kappa shape index (κ1) is 13.8. The molecule has 1 atom stereocenters. The average Bonchev–Trinajstić information content (AvgIpc) is 2.97. The summed E-state index contributed by atoms with van der Waals surface area (Å²) in [6.45, 7) is 9.21. The van der Waals surface area contributed by atoms with Gasteiger partial charge in [0.25, 0.3) is 0 Å². The van der Waals surface area contributed by atoms with Crippen LogP contribution in [-0.4, -0.2) is 32.8 Å². The van der Waals surface area contributed by atoms with Crippen molar-refractivity contribution in [3.8, 4) is 0 Å². The molecule has 0 radical (unpaired) electrons. The van der Waals surface area contributed by atoms with Crippen LogP contribution in [-0.2, 0) is 4.74 Å². The van der Waals surface area contributed by atoms with Crippen molar-refractivity contribution in [1.82, 2.24) is 15.0 Å². The van der Waals surface area contributed by atoms with Crippen molar-refractivity contribution in [2.24, 2.45) is 0 Å². The molecule has 6 heteroatoms. The maximum atomic E-state index is 12.3. The average molecular weight is 267 g/mol. The minimum Gasteiger partial charge on any atom is -0.444 e. The Kier molecular flexibility index (Phi) is 3.52. The van der Waals surface area contributed by atoms with Crippen LogP contribution in [0.25, 0.3) is 0 Å². The van der Waals surface area contributed by atoms with Gasteiger partial charge in [-0.2, -0.15) is 4.98 Å². The van der Waals surface area contributed by atoms with Crippen LogP contribution >= 0.6 is 0 Å². The van der Waals surface area contributed by atoms with Crippen LogP contribution in [0.3, 0.4) is 0 Å². The van der Waals surface area contributed by atoms with Gasteiger partial charge >= 0.3 is 6.09 Å². The third kappa shape index (κ3) is 3.45. The summed E-state index contributed by atoms with van der Waals surface area (Å²) in [5, 5.41) is 3.89. The highest BCUT2D eigenvalue weighted by Crippen LogP contribution is 2.34. The number of hydrogen-bond donors (Lipinski definition) is 0. The van der Waals surface area contributed by atoms with Gasteiger partial charge in [-0.15, -0.1) is 0 Å². The van der Waals surface area contributed by atoms with E-state index in [0.29, 0.717) is 11.7 Å². The van der Waals surface area contributed by atoms with Gasteiger partial charge in [-0.3, -0.25) is 4.90 Å². The Hall–Kier alpha value is -1.59. The molecule has 1 aromatic rings. The molecule has 0 N–H and O–H groups in total. The molecule has 1 heterocycles. The van der Waals surface area contributed by atoms with Crippen LogP contribution in [0.4, 0.5) is 4.79 Å². The van der Waals surface area contributed by atoms with E-state index in [0.717, 1.165) is 12.8 Å². The molecule has 2 rings (SSSR count). The van der Waals surface area contributed by atoms with E-state index in [9.17, 15) is 4.79 Å². The summed E-state index contributed by atoms with van der Waals surface area (Å²) in [7, 11) is 0. The number of amides is 1. The highest BCUT2D eigenvalue weighted by atomic mass is 16.6. The van der Waals surface area contributed by atoms with Gasteiger partial charge in [0, 0.05) is 13.0 Å². The molecular formula is C13H21N3O3. The van der Waals surface area contributed by atoms with Crippen molar-refractivity contribution < 1.29 is 14.1 Å². The first-order chi connectivity index (χ1) is 8.78. The molecule has 6 nitrogen and oxygen atoms in total. The highest BCUT2D eigenvalue weighted by molar-refractivity contribution is 5.69. The smallest absolute Gasteiger partial charge is 0.411 e. The third-order valence-electron chi connectivity index (χ3n) is 2.88. The Balaban J connectivity index is 2.14. The number of aryl methyl sites for hydroxylation is 1. The van der Waals surface area contributed by atoms with E-state index < -0.39 is 5.60 Å². The van der Waals surface area contributed by atoms with Crippen LogP contribution in [0.15, 0.2) is 4.52 Å². The molecule has 0 aliphatic heterocycles. The molecule has 1 aromatic heterocycles. The first-order valence-electron chi connectivity index (χ1n) is 6.59. The fraction of sp³-hybridized carbons (Fsp3) is 0.769. The van der Waals surface area contributed by atoms with Crippen LogP contribution in [0.5, 0.6) is 0 Å². The third-order valence-corrected chi connectivity index (χ3v) is 2.88. The molecule has 0 saturated heterocycles. The van der Waals surface area contributed by atoms with Crippen molar-refractivity contribution in [3.05, 3.63) is 11.7 Å². The first-order valence-corrected chi connectivity index (χ1v) is 6.59. The Morgan fingerprint density at radius 1 is 1.47 bits per heavy atom. The predicted molar refractivity (Wildman–Crippen MR) is 68.5 cm³/mol. The Bertz CT molecular complexity index is 460. The van der Waals surface area contributed by atoms with E-state index >= 15 is 0 Å².